The third-order valence-corrected chi connectivity index (χ3v) is 4.31. The first-order valence-electron chi connectivity index (χ1n) is 7.00. The van der Waals surface area contributed by atoms with Gasteiger partial charge in [0, 0.05) is 15.4 Å². The van der Waals surface area contributed by atoms with Crippen LogP contribution in [0.4, 0.5) is 9.52 Å². The highest BCUT2D eigenvalue weighted by molar-refractivity contribution is 9.10. The minimum atomic E-state index is -0.299. The smallest absolute Gasteiger partial charge is 0.264 e. The van der Waals surface area contributed by atoms with Crippen LogP contribution in [0.15, 0.2) is 58.4 Å². The van der Waals surface area contributed by atoms with Gasteiger partial charge < -0.3 is 4.74 Å². The molecular weight excluding hydrogens is 395 g/mol. The van der Waals surface area contributed by atoms with Crippen molar-refractivity contribution in [3.8, 4) is 17.0 Å². The number of aromatic nitrogens is 1. The molecule has 0 aliphatic rings. The van der Waals surface area contributed by atoms with E-state index in [0.29, 0.717) is 16.6 Å². The van der Waals surface area contributed by atoms with Crippen molar-refractivity contribution >= 4 is 38.3 Å². The fourth-order valence-electron chi connectivity index (χ4n) is 1.95. The summed E-state index contributed by atoms with van der Waals surface area (Å²) in [6.45, 7) is -0.109. The van der Waals surface area contributed by atoms with E-state index in [4.69, 9.17) is 4.74 Å². The average Bonchev–Trinajstić information content (AvgIpc) is 3.02. The molecular formula is C17H12BrFN2O2S. The molecule has 24 heavy (non-hydrogen) atoms. The Morgan fingerprint density at radius 3 is 2.79 bits per heavy atom. The summed E-state index contributed by atoms with van der Waals surface area (Å²) in [6, 6.07) is 13.3. The van der Waals surface area contributed by atoms with Gasteiger partial charge in [0.05, 0.1) is 5.69 Å². The standard InChI is InChI=1S/C17H12BrFN2O2S/c18-12-2-1-3-14(8-12)23-9-16(22)21-17-20-15(10-24-17)11-4-6-13(19)7-5-11/h1-8,10H,9H2,(H,20,21,22). The highest BCUT2D eigenvalue weighted by Crippen LogP contribution is 2.25. The predicted molar refractivity (Wildman–Crippen MR) is 95.8 cm³/mol. The Kier molecular flexibility index (Phi) is 5.22. The number of anilines is 1. The zero-order valence-corrected chi connectivity index (χ0v) is 14.7. The summed E-state index contributed by atoms with van der Waals surface area (Å²) in [5.41, 5.74) is 1.47. The molecule has 122 valence electrons. The van der Waals surface area contributed by atoms with Crippen LogP contribution in [0.1, 0.15) is 0 Å². The van der Waals surface area contributed by atoms with Crippen molar-refractivity contribution in [1.29, 1.82) is 0 Å². The molecule has 1 amide bonds. The van der Waals surface area contributed by atoms with Crippen molar-refractivity contribution in [2.75, 3.05) is 11.9 Å². The number of amides is 1. The number of halogens is 2. The molecule has 0 atom stereocenters. The fourth-order valence-corrected chi connectivity index (χ4v) is 3.06. The Balaban J connectivity index is 1.58. The van der Waals surface area contributed by atoms with Crippen LogP contribution in [0.5, 0.6) is 5.75 Å². The summed E-state index contributed by atoms with van der Waals surface area (Å²) in [6.07, 6.45) is 0. The first-order valence-corrected chi connectivity index (χ1v) is 8.67. The van der Waals surface area contributed by atoms with Gasteiger partial charge in [-0.2, -0.15) is 0 Å². The molecule has 0 unspecified atom stereocenters. The number of nitrogens with one attached hydrogen (secondary N) is 1. The van der Waals surface area contributed by atoms with Gasteiger partial charge >= 0.3 is 0 Å². The molecule has 1 N–H and O–H groups in total. The lowest BCUT2D eigenvalue weighted by atomic mass is 10.2. The second kappa shape index (κ2) is 7.55. The van der Waals surface area contributed by atoms with E-state index in [9.17, 15) is 9.18 Å². The van der Waals surface area contributed by atoms with Crippen LogP contribution in [0.2, 0.25) is 0 Å². The molecule has 0 aliphatic carbocycles. The molecule has 0 fully saturated rings. The molecule has 1 heterocycles. The number of nitrogens with zero attached hydrogens (tertiary/aromatic N) is 1. The van der Waals surface area contributed by atoms with Crippen LogP contribution in [0, 0.1) is 5.82 Å². The number of hydrogen-bond acceptors (Lipinski definition) is 4. The molecule has 1 aromatic heterocycles. The highest BCUT2D eigenvalue weighted by atomic mass is 79.9. The van der Waals surface area contributed by atoms with Gasteiger partial charge in [0.2, 0.25) is 0 Å². The fraction of sp³-hybridized carbons (Fsp3) is 0.0588. The second-order valence-electron chi connectivity index (χ2n) is 4.84. The first kappa shape index (κ1) is 16.6. The Bertz CT molecular complexity index is 852. The molecule has 0 saturated carbocycles. The minimum Gasteiger partial charge on any atom is -0.484 e. The monoisotopic (exact) mass is 406 g/mol. The van der Waals surface area contributed by atoms with E-state index in [1.54, 1.807) is 29.6 Å². The SMILES string of the molecule is O=C(COc1cccc(Br)c1)Nc1nc(-c2ccc(F)cc2)cs1. The Labute approximate surface area is 150 Å². The maximum absolute atomic E-state index is 12.9. The Morgan fingerprint density at radius 1 is 1.25 bits per heavy atom. The Hall–Kier alpha value is -2.25. The third-order valence-electron chi connectivity index (χ3n) is 3.06. The van der Waals surface area contributed by atoms with E-state index in [1.807, 2.05) is 12.1 Å². The van der Waals surface area contributed by atoms with Crippen molar-refractivity contribution in [3.05, 3.63) is 64.2 Å². The summed E-state index contributed by atoms with van der Waals surface area (Å²) in [4.78, 5) is 16.3. The van der Waals surface area contributed by atoms with E-state index in [2.05, 4.69) is 26.2 Å². The number of benzene rings is 2. The van der Waals surface area contributed by atoms with E-state index in [-0.39, 0.29) is 18.3 Å². The minimum absolute atomic E-state index is 0.109. The molecule has 0 radical (unpaired) electrons. The zero-order chi connectivity index (χ0) is 16.9. The second-order valence-corrected chi connectivity index (χ2v) is 6.61. The number of thiazole rings is 1. The summed E-state index contributed by atoms with van der Waals surface area (Å²) < 4.78 is 19.2. The van der Waals surface area contributed by atoms with Crippen LogP contribution in [-0.4, -0.2) is 17.5 Å². The van der Waals surface area contributed by atoms with Crippen molar-refractivity contribution in [2.45, 2.75) is 0 Å². The molecule has 0 spiro atoms. The molecule has 7 heteroatoms. The van der Waals surface area contributed by atoms with Crippen LogP contribution in [0.3, 0.4) is 0 Å². The summed E-state index contributed by atoms with van der Waals surface area (Å²) in [5, 5.41) is 4.96. The molecule has 3 rings (SSSR count). The van der Waals surface area contributed by atoms with E-state index in [1.165, 1.54) is 23.5 Å². The quantitative estimate of drug-likeness (QED) is 0.666. The van der Waals surface area contributed by atoms with Gasteiger partial charge in [-0.3, -0.25) is 10.1 Å². The third kappa shape index (κ3) is 4.39. The lowest BCUT2D eigenvalue weighted by molar-refractivity contribution is -0.118. The van der Waals surface area contributed by atoms with Gasteiger partial charge in [-0.05, 0) is 42.5 Å². The van der Waals surface area contributed by atoms with Crippen molar-refractivity contribution in [1.82, 2.24) is 4.98 Å². The highest BCUT2D eigenvalue weighted by Gasteiger charge is 2.09. The van der Waals surface area contributed by atoms with Gasteiger partial charge in [0.1, 0.15) is 11.6 Å². The molecule has 0 aliphatic heterocycles. The van der Waals surface area contributed by atoms with Crippen molar-refractivity contribution < 1.29 is 13.9 Å². The van der Waals surface area contributed by atoms with Gasteiger partial charge in [0.25, 0.3) is 5.91 Å². The summed E-state index contributed by atoms with van der Waals surface area (Å²) in [5.74, 6) is 0.00727. The van der Waals surface area contributed by atoms with Gasteiger partial charge in [-0.25, -0.2) is 9.37 Å². The predicted octanol–water partition coefficient (Wildman–Crippen LogP) is 4.73. The Morgan fingerprint density at radius 2 is 2.04 bits per heavy atom. The summed E-state index contributed by atoms with van der Waals surface area (Å²) >= 11 is 4.64. The number of rotatable bonds is 5. The van der Waals surface area contributed by atoms with E-state index < -0.39 is 0 Å². The first-order chi connectivity index (χ1) is 11.6. The normalized spacial score (nSPS) is 10.4. The van der Waals surface area contributed by atoms with Gasteiger partial charge in [-0.15, -0.1) is 11.3 Å². The van der Waals surface area contributed by atoms with Crippen molar-refractivity contribution in [2.24, 2.45) is 0 Å². The van der Waals surface area contributed by atoms with Gasteiger partial charge in [-0.1, -0.05) is 22.0 Å². The molecule has 0 saturated heterocycles. The van der Waals surface area contributed by atoms with Crippen molar-refractivity contribution in [3.63, 3.8) is 0 Å². The maximum Gasteiger partial charge on any atom is 0.264 e. The number of carbonyl (C=O) groups excluding carboxylic acids is 1. The largest absolute Gasteiger partial charge is 0.484 e. The van der Waals surface area contributed by atoms with E-state index >= 15 is 0 Å². The van der Waals surface area contributed by atoms with Crippen LogP contribution < -0.4 is 10.1 Å². The zero-order valence-electron chi connectivity index (χ0n) is 12.3. The van der Waals surface area contributed by atoms with Crippen LogP contribution in [0.25, 0.3) is 11.3 Å². The number of hydrogen-bond donors (Lipinski definition) is 1. The summed E-state index contributed by atoms with van der Waals surface area (Å²) in [7, 11) is 0. The van der Waals surface area contributed by atoms with Gasteiger partial charge in [0.15, 0.2) is 11.7 Å². The lowest BCUT2D eigenvalue weighted by Crippen LogP contribution is -2.20. The van der Waals surface area contributed by atoms with Crippen LogP contribution in [-0.2, 0) is 4.79 Å². The lowest BCUT2D eigenvalue weighted by Gasteiger charge is -2.06. The molecule has 4 nitrogen and oxygen atoms in total. The average molecular weight is 407 g/mol. The molecule has 2 aromatic carbocycles. The van der Waals surface area contributed by atoms with Crippen LogP contribution >= 0.6 is 27.3 Å². The molecule has 0 bridgehead atoms. The molecule has 3 aromatic rings. The van der Waals surface area contributed by atoms with E-state index in [0.717, 1.165) is 10.0 Å². The topological polar surface area (TPSA) is 51.2 Å². The maximum atomic E-state index is 12.9. The number of carbonyl (C=O) groups is 1. The number of ether oxygens (including phenoxy) is 1.